The molecule has 0 N–H and O–H groups in total. The highest BCUT2D eigenvalue weighted by Crippen LogP contribution is 2.35. The number of likely N-dealkylation sites (tertiary alicyclic amines) is 1. The van der Waals surface area contributed by atoms with Gasteiger partial charge in [-0.15, -0.1) is 11.3 Å². The van der Waals surface area contributed by atoms with E-state index in [1.807, 2.05) is 18.2 Å². The highest BCUT2D eigenvalue weighted by Gasteiger charge is 2.37. The lowest BCUT2D eigenvalue weighted by Gasteiger charge is -2.34. The number of thiazole rings is 1. The van der Waals surface area contributed by atoms with Crippen LogP contribution in [0.15, 0.2) is 42.5 Å². The fourth-order valence-corrected chi connectivity index (χ4v) is 5.33. The van der Waals surface area contributed by atoms with Gasteiger partial charge in [0.1, 0.15) is 0 Å². The molecule has 7 heteroatoms. The minimum atomic E-state index is -0.475. The molecule has 2 aromatic carbocycles. The van der Waals surface area contributed by atoms with Crippen molar-refractivity contribution in [1.29, 1.82) is 0 Å². The summed E-state index contributed by atoms with van der Waals surface area (Å²) >= 11 is 7.75. The molecule has 0 saturated carbocycles. The third kappa shape index (κ3) is 3.02. The molecule has 1 saturated heterocycles. The summed E-state index contributed by atoms with van der Waals surface area (Å²) in [5, 5.41) is 1.62. The number of fused-ring (bicyclic) bond motifs is 2. The number of rotatable bonds is 3. The Kier molecular flexibility index (Phi) is 4.42. The number of carbonyl (C=O) groups excluding carboxylic acids is 2. The molecule has 1 aromatic heterocycles. The molecule has 28 heavy (non-hydrogen) atoms. The van der Waals surface area contributed by atoms with Gasteiger partial charge in [-0.3, -0.25) is 19.4 Å². The number of para-hydroxylation sites is 1. The maximum Gasteiger partial charge on any atom is 0.300 e. The van der Waals surface area contributed by atoms with Crippen LogP contribution >= 0.6 is 22.9 Å². The molecular weight excluding hydrogens is 394 g/mol. The standard InChI is InChI=1S/C21H18ClN3O2S/c22-14-7-8-17-15(10-14)19(26)21(27)25(17)12-24-9-3-4-13(11-24)20-23-16-5-1-2-6-18(16)28-20/h1-2,5-8,10,13H,3-4,9,11-12H2/t13-/m0/s1. The van der Waals surface area contributed by atoms with Crippen LogP contribution in [0.25, 0.3) is 10.2 Å². The number of nitrogens with zero attached hydrogens (tertiary/aromatic N) is 3. The summed E-state index contributed by atoms with van der Waals surface area (Å²) < 4.78 is 1.21. The molecule has 1 atom stereocenters. The predicted molar refractivity (Wildman–Crippen MR) is 111 cm³/mol. The van der Waals surface area contributed by atoms with Crippen LogP contribution in [0.5, 0.6) is 0 Å². The average molecular weight is 412 g/mol. The van der Waals surface area contributed by atoms with E-state index in [0.717, 1.165) is 36.5 Å². The van der Waals surface area contributed by atoms with Gasteiger partial charge in [0.15, 0.2) is 0 Å². The molecule has 0 aliphatic carbocycles. The van der Waals surface area contributed by atoms with Crippen molar-refractivity contribution in [3.63, 3.8) is 0 Å². The van der Waals surface area contributed by atoms with Gasteiger partial charge in [0.2, 0.25) is 0 Å². The number of piperidine rings is 1. The first-order valence-electron chi connectivity index (χ1n) is 9.34. The lowest BCUT2D eigenvalue weighted by atomic mass is 9.99. The van der Waals surface area contributed by atoms with Gasteiger partial charge < -0.3 is 0 Å². The second-order valence-electron chi connectivity index (χ2n) is 7.30. The minimum absolute atomic E-state index is 0.351. The van der Waals surface area contributed by atoms with Crippen molar-refractivity contribution < 1.29 is 9.59 Å². The molecule has 5 nitrogen and oxygen atoms in total. The van der Waals surface area contributed by atoms with Crippen LogP contribution in [-0.4, -0.2) is 41.3 Å². The Bertz CT molecular complexity index is 1060. The molecular formula is C21H18ClN3O2S. The van der Waals surface area contributed by atoms with Crippen LogP contribution < -0.4 is 4.90 Å². The Morgan fingerprint density at radius 1 is 1.18 bits per heavy atom. The number of amides is 1. The first-order chi connectivity index (χ1) is 13.6. The van der Waals surface area contributed by atoms with Crippen molar-refractivity contribution in [2.45, 2.75) is 18.8 Å². The van der Waals surface area contributed by atoms with E-state index in [-0.39, 0.29) is 0 Å². The lowest BCUT2D eigenvalue weighted by Crippen LogP contribution is -2.44. The quantitative estimate of drug-likeness (QED) is 0.602. The van der Waals surface area contributed by atoms with E-state index in [0.29, 0.717) is 28.9 Å². The predicted octanol–water partition coefficient (Wildman–Crippen LogP) is 4.32. The molecule has 142 valence electrons. The third-order valence-electron chi connectivity index (χ3n) is 5.44. The molecule has 0 spiro atoms. The largest absolute Gasteiger partial charge is 0.300 e. The van der Waals surface area contributed by atoms with Crippen LogP contribution in [-0.2, 0) is 4.79 Å². The molecule has 2 aliphatic heterocycles. The fourth-order valence-electron chi connectivity index (χ4n) is 4.06. The number of aromatic nitrogens is 1. The third-order valence-corrected chi connectivity index (χ3v) is 6.87. The van der Waals surface area contributed by atoms with Crippen LogP contribution in [0, 0.1) is 0 Å². The number of ketones is 1. The minimum Gasteiger partial charge on any atom is -0.291 e. The molecule has 1 fully saturated rings. The van der Waals surface area contributed by atoms with Crippen LogP contribution in [0.4, 0.5) is 5.69 Å². The number of anilines is 1. The van der Waals surface area contributed by atoms with E-state index in [4.69, 9.17) is 16.6 Å². The van der Waals surface area contributed by atoms with Crippen molar-refractivity contribution in [1.82, 2.24) is 9.88 Å². The second kappa shape index (κ2) is 6.95. The van der Waals surface area contributed by atoms with Crippen molar-refractivity contribution >= 4 is 50.5 Å². The van der Waals surface area contributed by atoms with Gasteiger partial charge in [-0.1, -0.05) is 23.7 Å². The molecule has 2 aliphatic rings. The zero-order valence-electron chi connectivity index (χ0n) is 15.1. The molecule has 1 amide bonds. The maximum absolute atomic E-state index is 12.5. The smallest absolute Gasteiger partial charge is 0.291 e. The Morgan fingerprint density at radius 3 is 2.89 bits per heavy atom. The van der Waals surface area contributed by atoms with E-state index < -0.39 is 11.7 Å². The summed E-state index contributed by atoms with van der Waals surface area (Å²) in [5.41, 5.74) is 2.10. The normalized spacial score (nSPS) is 20.2. The van der Waals surface area contributed by atoms with E-state index in [9.17, 15) is 9.59 Å². The Labute approximate surface area is 171 Å². The van der Waals surface area contributed by atoms with E-state index in [1.54, 1.807) is 34.4 Å². The topological polar surface area (TPSA) is 53.5 Å². The number of hydrogen-bond donors (Lipinski definition) is 0. The van der Waals surface area contributed by atoms with Gasteiger partial charge in [-0.25, -0.2) is 4.98 Å². The van der Waals surface area contributed by atoms with Crippen molar-refractivity contribution in [3.8, 4) is 0 Å². The first-order valence-corrected chi connectivity index (χ1v) is 10.5. The number of Topliss-reactive ketones (excluding diaryl/α,β-unsaturated/α-hetero) is 1. The summed E-state index contributed by atoms with van der Waals surface area (Å²) in [7, 11) is 0. The van der Waals surface area contributed by atoms with Crippen molar-refractivity contribution in [2.75, 3.05) is 24.7 Å². The summed E-state index contributed by atoms with van der Waals surface area (Å²) in [5.74, 6) is -0.596. The Hall–Kier alpha value is -2.28. The van der Waals surface area contributed by atoms with E-state index in [1.165, 1.54) is 4.70 Å². The lowest BCUT2D eigenvalue weighted by molar-refractivity contribution is -0.114. The first kappa shape index (κ1) is 17.8. The number of carbonyl (C=O) groups is 2. The van der Waals surface area contributed by atoms with Gasteiger partial charge in [-0.2, -0.15) is 0 Å². The Morgan fingerprint density at radius 2 is 2.04 bits per heavy atom. The summed E-state index contributed by atoms with van der Waals surface area (Å²) in [6.07, 6.45) is 2.14. The zero-order valence-corrected chi connectivity index (χ0v) is 16.7. The van der Waals surface area contributed by atoms with Crippen molar-refractivity contribution in [3.05, 3.63) is 58.1 Å². The van der Waals surface area contributed by atoms with Crippen LogP contribution in [0.2, 0.25) is 5.02 Å². The average Bonchev–Trinajstić information content (AvgIpc) is 3.24. The zero-order chi connectivity index (χ0) is 19.3. The van der Waals surface area contributed by atoms with Gasteiger partial charge in [-0.05, 0) is 49.7 Å². The molecule has 5 rings (SSSR count). The molecule has 0 unspecified atom stereocenters. The highest BCUT2D eigenvalue weighted by molar-refractivity contribution is 7.18. The fraction of sp³-hybridized carbons (Fsp3) is 0.286. The molecule has 3 heterocycles. The summed E-state index contributed by atoms with van der Waals surface area (Å²) in [6.45, 7) is 2.16. The van der Waals surface area contributed by atoms with Crippen LogP contribution in [0.1, 0.15) is 34.1 Å². The van der Waals surface area contributed by atoms with E-state index in [2.05, 4.69) is 11.0 Å². The van der Waals surface area contributed by atoms with Gasteiger partial charge in [0.25, 0.3) is 5.78 Å². The van der Waals surface area contributed by atoms with Gasteiger partial charge >= 0.3 is 5.91 Å². The summed E-state index contributed by atoms with van der Waals surface area (Å²) in [6, 6.07) is 13.3. The van der Waals surface area contributed by atoms with Gasteiger partial charge in [0.05, 0.1) is 33.1 Å². The SMILES string of the molecule is O=C1C(=O)N(CN2CCC[C@H](c3nc4ccccc4s3)C2)c2ccc(Cl)cc21. The van der Waals surface area contributed by atoms with Crippen molar-refractivity contribution in [2.24, 2.45) is 0 Å². The monoisotopic (exact) mass is 411 g/mol. The summed E-state index contributed by atoms with van der Waals surface area (Å²) in [4.78, 5) is 33.5. The Balaban J connectivity index is 1.36. The second-order valence-corrected chi connectivity index (χ2v) is 8.80. The van der Waals surface area contributed by atoms with Gasteiger partial charge in [0, 0.05) is 17.5 Å². The molecule has 0 bridgehead atoms. The molecule has 0 radical (unpaired) electrons. The molecule has 3 aromatic rings. The van der Waals surface area contributed by atoms with E-state index >= 15 is 0 Å². The highest BCUT2D eigenvalue weighted by atomic mass is 35.5. The maximum atomic E-state index is 12.5. The number of halogens is 1. The number of hydrogen-bond acceptors (Lipinski definition) is 5. The number of benzene rings is 2. The van der Waals surface area contributed by atoms with Crippen LogP contribution in [0.3, 0.4) is 0 Å².